The number of rotatable bonds is 13. The number of fused-ring (bicyclic) bond motifs is 8. The van der Waals surface area contributed by atoms with Crippen LogP contribution in [0.25, 0.3) is 44.5 Å². The molecule has 516 valence electrons. The lowest BCUT2D eigenvalue weighted by molar-refractivity contribution is -0.139. The van der Waals surface area contributed by atoms with Crippen LogP contribution in [0.5, 0.6) is 0 Å². The molecule has 0 bridgehead atoms. The summed E-state index contributed by atoms with van der Waals surface area (Å²) in [6.45, 7) is -1.62. The average molecular weight is 1430 g/mol. The van der Waals surface area contributed by atoms with Gasteiger partial charge in [-0.05, 0) is 147 Å². The third-order valence-corrected chi connectivity index (χ3v) is 22.9. The van der Waals surface area contributed by atoms with E-state index in [1.807, 2.05) is 152 Å². The molecule has 0 atom stereocenters. The van der Waals surface area contributed by atoms with Gasteiger partial charge in [-0.1, -0.05) is 302 Å². The van der Waals surface area contributed by atoms with Crippen LogP contribution >= 0.6 is 11.8 Å². The third kappa shape index (κ3) is 10.9. The second-order valence-corrected chi connectivity index (χ2v) is 28.9. The Hall–Kier alpha value is -13.3. The van der Waals surface area contributed by atoms with Gasteiger partial charge in [0.15, 0.2) is 0 Å². The van der Waals surface area contributed by atoms with E-state index >= 15 is 17.6 Å². The quantitative estimate of drug-likeness (QED) is 0.0839. The third-order valence-electron chi connectivity index (χ3n) is 21.7. The zero-order valence-electron chi connectivity index (χ0n) is 58.7. The maximum Gasteiger partial charge on any atom is 0.419 e. The van der Waals surface area contributed by atoms with Crippen LogP contribution in [0.15, 0.2) is 392 Å². The van der Waals surface area contributed by atoms with E-state index in [1.165, 1.54) is 6.07 Å². The van der Waals surface area contributed by atoms with Crippen molar-refractivity contribution in [3.8, 4) is 44.5 Å². The van der Waals surface area contributed by atoms with Crippen LogP contribution in [0.1, 0.15) is 5.56 Å². The highest BCUT2D eigenvalue weighted by atomic mass is 32.2. The van der Waals surface area contributed by atoms with E-state index in [-0.39, 0.29) is 16.3 Å². The van der Waals surface area contributed by atoms with E-state index < -0.39 is 31.0 Å². The molecule has 0 unspecified atom stereocenters. The SMILES string of the molecule is Fc1ccccc1N1c2cc(N(c3ccccc3)c3ccccc3)cc3c2B(c2ccccc2N3c2ccccc2)c2cc3c(c(C(F)(F)F)c21)Sc1cc(N(c2ccccc2)c2c(-c4ccccc4)cccc2-c2ccccc2)cc2c1B3c1ccccc1N2c1c(-c2ccccc2)cccc1-c1ccccc1. The molecule has 0 aromatic heterocycles. The van der Waals surface area contributed by atoms with Gasteiger partial charge in [0.2, 0.25) is 6.71 Å². The van der Waals surface area contributed by atoms with E-state index in [1.54, 1.807) is 23.1 Å². The molecule has 4 heterocycles. The number of benzene rings is 16. The molecule has 12 heteroatoms. The average Bonchev–Trinajstić information content (AvgIpc) is 0.677. The van der Waals surface area contributed by atoms with Gasteiger partial charge in [-0.2, -0.15) is 13.2 Å². The minimum absolute atomic E-state index is 0.0244. The Balaban J connectivity index is 0.927. The lowest BCUT2D eigenvalue weighted by Gasteiger charge is -2.47. The van der Waals surface area contributed by atoms with Crippen molar-refractivity contribution < 1.29 is 17.6 Å². The molecule has 5 nitrogen and oxygen atoms in total. The molecule has 0 radical (unpaired) electrons. The fraction of sp³-hybridized carbons (Fsp3) is 0.0103. The van der Waals surface area contributed by atoms with Gasteiger partial charge in [-0.15, -0.1) is 0 Å². The van der Waals surface area contributed by atoms with Gasteiger partial charge in [0.1, 0.15) is 5.82 Å². The molecule has 0 fully saturated rings. The zero-order chi connectivity index (χ0) is 72.8. The standard InChI is InChI=1S/C97H63B2F4N5S/c100-82-55-27-30-58-85(82)108-87-60-72(104(68-41-17-5-18-42-68)69-43-19-6-20-44-69)59-86-91(87)98(78-53-25-28-56-83(78)106(86)71-47-23-8-24-48-71)80-63-81-96(90(95(80)108)97(101,102)103)109-89-62-73(105(70-45-21-7-22-46-70)93-74(64-33-9-1-10-34-64)49-31-50-75(93)65-35-11-2-12-36-65)61-88-92(89)99(81)79-54-26-29-57-84(79)107(88)94-76(66-37-13-3-14-38-66)51-32-52-77(94)67-39-15-4-16-40-67/h1-63H. The topological polar surface area (TPSA) is 16.2 Å². The summed E-state index contributed by atoms with van der Waals surface area (Å²) in [6, 6.07) is 129. The minimum Gasteiger partial charge on any atom is -0.311 e. The van der Waals surface area contributed by atoms with Crippen LogP contribution in [0.3, 0.4) is 0 Å². The molecular weight excluding hydrogens is 1360 g/mol. The van der Waals surface area contributed by atoms with Crippen molar-refractivity contribution in [2.75, 3.05) is 24.5 Å². The zero-order valence-corrected chi connectivity index (χ0v) is 59.5. The largest absolute Gasteiger partial charge is 0.419 e. The molecule has 109 heavy (non-hydrogen) atoms. The summed E-state index contributed by atoms with van der Waals surface area (Å²) in [7, 11) is 0. The predicted molar refractivity (Wildman–Crippen MR) is 446 cm³/mol. The highest BCUT2D eigenvalue weighted by Crippen LogP contribution is 2.58. The summed E-state index contributed by atoms with van der Waals surface area (Å²) in [6.07, 6.45) is -5.07. The highest BCUT2D eigenvalue weighted by Gasteiger charge is 2.53. The number of anilines is 15. The van der Waals surface area contributed by atoms with E-state index in [0.29, 0.717) is 27.2 Å². The first-order valence-electron chi connectivity index (χ1n) is 36.6. The molecular formula is C97H63B2F4N5S. The van der Waals surface area contributed by atoms with Gasteiger partial charge in [-0.3, -0.25) is 0 Å². The summed E-state index contributed by atoms with van der Waals surface area (Å²) < 4.78 is 74.1. The molecule has 0 saturated carbocycles. The predicted octanol–water partition coefficient (Wildman–Crippen LogP) is 23.3. The monoisotopic (exact) mass is 1430 g/mol. The Labute approximate surface area is 635 Å². The molecule has 4 aliphatic rings. The maximum atomic E-state index is 18.7. The Morgan fingerprint density at radius 1 is 0.284 bits per heavy atom. The molecule has 20 rings (SSSR count). The van der Waals surface area contributed by atoms with Crippen molar-refractivity contribution in [2.24, 2.45) is 0 Å². The number of halogens is 4. The number of alkyl halides is 3. The lowest BCUT2D eigenvalue weighted by atomic mass is 9.30. The second kappa shape index (κ2) is 26.6. The van der Waals surface area contributed by atoms with Crippen molar-refractivity contribution in [3.63, 3.8) is 0 Å². The fourth-order valence-corrected chi connectivity index (χ4v) is 18.6. The van der Waals surface area contributed by atoms with Crippen LogP contribution in [-0.2, 0) is 6.18 Å². The van der Waals surface area contributed by atoms with E-state index in [9.17, 15) is 0 Å². The number of hydrogen-bond donors (Lipinski definition) is 0. The number of nitrogens with zero attached hydrogens (tertiary/aromatic N) is 5. The Bertz CT molecular complexity index is 6030. The van der Waals surface area contributed by atoms with Gasteiger partial charge in [-0.25, -0.2) is 4.39 Å². The molecule has 16 aromatic rings. The lowest BCUT2D eigenvalue weighted by Crippen LogP contribution is -2.65. The van der Waals surface area contributed by atoms with Gasteiger partial charge < -0.3 is 24.5 Å². The normalized spacial score (nSPS) is 12.8. The molecule has 16 aromatic carbocycles. The van der Waals surface area contributed by atoms with Crippen molar-refractivity contribution in [3.05, 3.63) is 394 Å². The second-order valence-electron chi connectivity index (χ2n) is 27.8. The van der Waals surface area contributed by atoms with Crippen molar-refractivity contribution in [2.45, 2.75) is 16.0 Å². The van der Waals surface area contributed by atoms with Crippen LogP contribution < -0.4 is 57.3 Å². The first-order chi connectivity index (χ1) is 53.7. The van der Waals surface area contributed by atoms with Crippen LogP contribution in [0, 0.1) is 5.82 Å². The first kappa shape index (κ1) is 65.3. The molecule has 4 aliphatic heterocycles. The summed E-state index contributed by atoms with van der Waals surface area (Å²) in [5, 5.41) is 0. The van der Waals surface area contributed by atoms with Crippen molar-refractivity contribution >= 4 is 143 Å². The number of para-hydroxylation sites is 9. The van der Waals surface area contributed by atoms with Crippen molar-refractivity contribution in [1.29, 1.82) is 0 Å². The number of hydrogen-bond acceptors (Lipinski definition) is 6. The fourth-order valence-electron chi connectivity index (χ4n) is 17.3. The smallest absolute Gasteiger partial charge is 0.311 e. The molecule has 0 spiro atoms. The maximum absolute atomic E-state index is 18.7. The van der Waals surface area contributed by atoms with Crippen LogP contribution in [0.4, 0.5) is 103 Å². The Kier molecular flexibility index (Phi) is 15.9. The van der Waals surface area contributed by atoms with Crippen LogP contribution in [-0.4, -0.2) is 13.4 Å². The highest BCUT2D eigenvalue weighted by molar-refractivity contribution is 8.00. The molecule has 0 aliphatic carbocycles. The molecule has 0 amide bonds. The van der Waals surface area contributed by atoms with E-state index in [2.05, 4.69) is 226 Å². The van der Waals surface area contributed by atoms with Crippen LogP contribution in [0.2, 0.25) is 0 Å². The summed E-state index contributed by atoms with van der Waals surface area (Å²) in [4.78, 5) is 11.4. The summed E-state index contributed by atoms with van der Waals surface area (Å²) in [5.41, 5.74) is 21.0. The Morgan fingerprint density at radius 3 is 1.16 bits per heavy atom. The van der Waals surface area contributed by atoms with Gasteiger partial charge in [0, 0.05) is 88.9 Å². The van der Waals surface area contributed by atoms with Gasteiger partial charge in [0.05, 0.1) is 34.0 Å². The van der Waals surface area contributed by atoms with Crippen molar-refractivity contribution in [1.82, 2.24) is 0 Å². The van der Waals surface area contributed by atoms with E-state index in [0.717, 1.165) is 141 Å². The minimum atomic E-state index is -5.07. The summed E-state index contributed by atoms with van der Waals surface area (Å²) >= 11 is 1.16. The van der Waals surface area contributed by atoms with Gasteiger partial charge >= 0.3 is 6.18 Å². The first-order valence-corrected chi connectivity index (χ1v) is 37.5. The molecule has 0 saturated heterocycles. The van der Waals surface area contributed by atoms with E-state index in [4.69, 9.17) is 0 Å². The van der Waals surface area contributed by atoms with Gasteiger partial charge in [0.25, 0.3) is 6.71 Å². The molecule has 0 N–H and O–H groups in total. The Morgan fingerprint density at radius 2 is 0.661 bits per heavy atom. The summed E-state index contributed by atoms with van der Waals surface area (Å²) in [5.74, 6) is -0.679.